The molecule has 5 rings (SSSR count). The molecule has 7 heteroatoms. The van der Waals surface area contributed by atoms with Crippen LogP contribution in [0, 0.1) is 0 Å². The molecule has 3 aromatic carbocycles. The molecule has 2 atom stereocenters. The summed E-state index contributed by atoms with van der Waals surface area (Å²) in [5.41, 5.74) is 7.76. The lowest BCUT2D eigenvalue weighted by Gasteiger charge is -2.33. The number of hydrogen-bond donors (Lipinski definition) is 2. The number of nitrogens with one attached hydrogen (secondary N) is 2. The van der Waals surface area contributed by atoms with E-state index in [1.807, 2.05) is 54.7 Å². The Morgan fingerprint density at radius 3 is 2.35 bits per heavy atom. The largest absolute Gasteiger partial charge is 0.348 e. The standard InChI is InChI=1S/C27H28N4O2S/c32-34(33,25-12-5-2-6-13-25)26-16-22-11-7-8-14-27(22)30-31(19-26)24(17-23-18-28-20-29-23)15-21-9-3-1-4-10-21/h1-14,18,20,24,26,30H,15-17,19H2,(H,28,29). The molecule has 0 saturated heterocycles. The van der Waals surface area contributed by atoms with Crippen LogP contribution in [0.5, 0.6) is 0 Å². The normalized spacial score (nSPS) is 17.4. The molecule has 0 radical (unpaired) electrons. The van der Waals surface area contributed by atoms with Crippen molar-refractivity contribution < 1.29 is 8.42 Å². The fourth-order valence-corrected chi connectivity index (χ4v) is 6.29. The van der Waals surface area contributed by atoms with Gasteiger partial charge in [0.1, 0.15) is 0 Å². The summed E-state index contributed by atoms with van der Waals surface area (Å²) < 4.78 is 27.4. The van der Waals surface area contributed by atoms with Crippen LogP contribution in [0.1, 0.15) is 16.8 Å². The van der Waals surface area contributed by atoms with Crippen molar-refractivity contribution in [1.82, 2.24) is 15.0 Å². The zero-order valence-electron chi connectivity index (χ0n) is 18.8. The van der Waals surface area contributed by atoms with Gasteiger partial charge in [0, 0.05) is 30.9 Å². The minimum atomic E-state index is -3.53. The van der Waals surface area contributed by atoms with E-state index in [1.165, 1.54) is 5.56 Å². The van der Waals surface area contributed by atoms with E-state index in [1.54, 1.807) is 30.6 Å². The van der Waals surface area contributed by atoms with Crippen LogP contribution in [0.2, 0.25) is 0 Å². The predicted molar refractivity (Wildman–Crippen MR) is 134 cm³/mol. The molecule has 2 unspecified atom stereocenters. The quantitative estimate of drug-likeness (QED) is 0.420. The van der Waals surface area contributed by atoms with E-state index in [0.717, 1.165) is 23.4 Å². The third kappa shape index (κ3) is 4.90. The second-order valence-corrected chi connectivity index (χ2v) is 11.0. The van der Waals surface area contributed by atoms with Gasteiger partial charge in [-0.3, -0.25) is 0 Å². The van der Waals surface area contributed by atoms with Gasteiger partial charge in [-0.1, -0.05) is 66.7 Å². The molecule has 1 aliphatic heterocycles. The molecular formula is C27H28N4O2S. The number of hydrogen-bond acceptors (Lipinski definition) is 5. The lowest BCUT2D eigenvalue weighted by Crippen LogP contribution is -2.47. The van der Waals surface area contributed by atoms with Crippen LogP contribution in [-0.2, 0) is 29.1 Å². The molecule has 0 aliphatic carbocycles. The number of sulfone groups is 1. The Balaban J connectivity index is 1.53. The van der Waals surface area contributed by atoms with Crippen LogP contribution in [0.3, 0.4) is 0 Å². The van der Waals surface area contributed by atoms with Gasteiger partial charge in [-0.15, -0.1) is 0 Å². The van der Waals surface area contributed by atoms with Crippen molar-refractivity contribution in [2.24, 2.45) is 0 Å². The number of benzene rings is 3. The average molecular weight is 473 g/mol. The molecule has 0 saturated carbocycles. The second-order valence-electron chi connectivity index (χ2n) is 8.73. The van der Waals surface area contributed by atoms with Crippen LogP contribution < -0.4 is 5.43 Å². The number of nitrogens with zero attached hydrogens (tertiary/aromatic N) is 2. The maximum Gasteiger partial charge on any atom is 0.182 e. The maximum absolute atomic E-state index is 13.7. The zero-order valence-corrected chi connectivity index (χ0v) is 19.7. The first kappa shape index (κ1) is 22.4. The van der Waals surface area contributed by atoms with Crippen LogP contribution in [0.25, 0.3) is 0 Å². The zero-order chi connectivity index (χ0) is 23.4. The lowest BCUT2D eigenvalue weighted by atomic mass is 10.0. The van der Waals surface area contributed by atoms with Gasteiger partial charge in [0.15, 0.2) is 9.84 Å². The molecule has 174 valence electrons. The number of aromatic amines is 1. The lowest BCUT2D eigenvalue weighted by molar-refractivity contribution is 0.236. The number of H-pyrrole nitrogens is 1. The highest BCUT2D eigenvalue weighted by Crippen LogP contribution is 2.29. The monoisotopic (exact) mass is 472 g/mol. The Morgan fingerprint density at radius 1 is 0.912 bits per heavy atom. The summed E-state index contributed by atoms with van der Waals surface area (Å²) in [6, 6.07) is 27.1. The van der Waals surface area contributed by atoms with Crippen molar-refractivity contribution in [3.05, 3.63) is 114 Å². The van der Waals surface area contributed by atoms with Crippen LogP contribution in [0.15, 0.2) is 102 Å². The first-order valence-corrected chi connectivity index (χ1v) is 13.1. The number of aromatic nitrogens is 2. The van der Waals surface area contributed by atoms with Gasteiger partial charge in [0.05, 0.1) is 22.2 Å². The van der Waals surface area contributed by atoms with Crippen molar-refractivity contribution >= 4 is 15.5 Å². The van der Waals surface area contributed by atoms with E-state index >= 15 is 0 Å². The highest BCUT2D eigenvalue weighted by Gasteiger charge is 2.35. The summed E-state index contributed by atoms with van der Waals surface area (Å²) in [6.07, 6.45) is 5.46. The molecule has 4 aromatic rings. The van der Waals surface area contributed by atoms with Gasteiger partial charge >= 0.3 is 0 Å². The van der Waals surface area contributed by atoms with Gasteiger partial charge < -0.3 is 10.4 Å². The van der Waals surface area contributed by atoms with Gasteiger partial charge in [-0.05, 0) is 42.2 Å². The second kappa shape index (κ2) is 9.83. The van der Waals surface area contributed by atoms with E-state index in [0.29, 0.717) is 24.3 Å². The van der Waals surface area contributed by atoms with E-state index < -0.39 is 15.1 Å². The van der Waals surface area contributed by atoms with Gasteiger partial charge in [0.25, 0.3) is 0 Å². The Labute approximate surface area is 200 Å². The summed E-state index contributed by atoms with van der Waals surface area (Å²) >= 11 is 0. The predicted octanol–water partition coefficient (Wildman–Crippen LogP) is 4.29. The third-order valence-corrected chi connectivity index (χ3v) is 8.53. The minimum Gasteiger partial charge on any atom is -0.348 e. The van der Waals surface area contributed by atoms with Crippen molar-refractivity contribution in [3.63, 3.8) is 0 Å². The number of rotatable bonds is 7. The topological polar surface area (TPSA) is 78.1 Å². The Kier molecular flexibility index (Phi) is 6.47. The number of anilines is 1. The van der Waals surface area contributed by atoms with Crippen LogP contribution in [-0.4, -0.2) is 41.2 Å². The SMILES string of the molecule is O=S(=O)(c1ccccc1)C1Cc2ccccc2NN(C(Cc2ccccc2)Cc2cnc[nH]2)C1. The fraction of sp³-hybridized carbons (Fsp3) is 0.222. The summed E-state index contributed by atoms with van der Waals surface area (Å²) in [7, 11) is -3.53. The van der Waals surface area contributed by atoms with Crippen molar-refractivity contribution in [3.8, 4) is 0 Å². The van der Waals surface area contributed by atoms with Gasteiger partial charge in [-0.25, -0.2) is 18.4 Å². The number of hydrazine groups is 1. The molecule has 2 heterocycles. The Hall–Kier alpha value is -3.42. The summed E-state index contributed by atoms with van der Waals surface area (Å²) in [6.45, 7) is 0.373. The molecular weight excluding hydrogens is 444 g/mol. The molecule has 2 N–H and O–H groups in total. The summed E-state index contributed by atoms with van der Waals surface area (Å²) in [5.74, 6) is 0. The molecule has 0 spiro atoms. The van der Waals surface area contributed by atoms with Crippen LogP contribution in [0.4, 0.5) is 5.69 Å². The highest BCUT2D eigenvalue weighted by molar-refractivity contribution is 7.92. The van der Waals surface area contributed by atoms with Crippen molar-refractivity contribution in [2.45, 2.75) is 35.4 Å². The Morgan fingerprint density at radius 2 is 1.62 bits per heavy atom. The molecule has 1 aromatic heterocycles. The first-order chi connectivity index (χ1) is 16.6. The molecule has 6 nitrogen and oxygen atoms in total. The molecule has 34 heavy (non-hydrogen) atoms. The summed E-state index contributed by atoms with van der Waals surface area (Å²) in [4.78, 5) is 7.76. The molecule has 0 fully saturated rings. The number of para-hydroxylation sites is 1. The Bertz CT molecular complexity index is 1310. The third-order valence-electron chi connectivity index (χ3n) is 6.41. The van der Waals surface area contributed by atoms with E-state index in [4.69, 9.17) is 0 Å². The highest BCUT2D eigenvalue weighted by atomic mass is 32.2. The first-order valence-electron chi connectivity index (χ1n) is 11.5. The molecule has 0 amide bonds. The summed E-state index contributed by atoms with van der Waals surface area (Å²) in [5, 5.41) is 1.54. The molecule has 1 aliphatic rings. The van der Waals surface area contributed by atoms with Gasteiger partial charge in [0.2, 0.25) is 0 Å². The van der Waals surface area contributed by atoms with Crippen molar-refractivity contribution in [2.75, 3.05) is 12.0 Å². The number of imidazole rings is 1. The van der Waals surface area contributed by atoms with E-state index in [2.05, 4.69) is 32.5 Å². The average Bonchev–Trinajstić information content (AvgIpc) is 3.29. The minimum absolute atomic E-state index is 0.0162. The number of fused-ring (bicyclic) bond motifs is 1. The van der Waals surface area contributed by atoms with Crippen molar-refractivity contribution in [1.29, 1.82) is 0 Å². The maximum atomic E-state index is 13.7. The fourth-order valence-electron chi connectivity index (χ4n) is 4.62. The van der Waals surface area contributed by atoms with E-state index in [9.17, 15) is 8.42 Å². The smallest absolute Gasteiger partial charge is 0.182 e. The molecule has 0 bridgehead atoms. The van der Waals surface area contributed by atoms with Crippen LogP contribution >= 0.6 is 0 Å². The van der Waals surface area contributed by atoms with E-state index in [-0.39, 0.29) is 6.04 Å². The van der Waals surface area contributed by atoms with Gasteiger partial charge in [-0.2, -0.15) is 0 Å².